The van der Waals surface area contributed by atoms with Crippen molar-refractivity contribution in [3.8, 4) is 11.1 Å². The van der Waals surface area contributed by atoms with Gasteiger partial charge in [-0.15, -0.1) is 0 Å². The van der Waals surface area contributed by atoms with Gasteiger partial charge in [-0.3, -0.25) is 4.40 Å². The predicted octanol–water partition coefficient (Wildman–Crippen LogP) is 5.28. The third-order valence-electron chi connectivity index (χ3n) is 5.75. The SMILES string of the molecule is CC1(C)c2ccccc2-c2cc3[nH]c4nc5ccccc5n4c3cc21. The van der Waals surface area contributed by atoms with Crippen molar-refractivity contribution < 1.29 is 0 Å². The zero-order valence-electron chi connectivity index (χ0n) is 14.2. The molecule has 1 aliphatic rings. The van der Waals surface area contributed by atoms with Gasteiger partial charge >= 0.3 is 0 Å². The molecule has 0 aliphatic heterocycles. The fourth-order valence-corrected chi connectivity index (χ4v) is 4.50. The van der Waals surface area contributed by atoms with E-state index in [4.69, 9.17) is 4.98 Å². The second-order valence-corrected chi connectivity index (χ2v) is 7.47. The van der Waals surface area contributed by atoms with Gasteiger partial charge in [0.2, 0.25) is 5.78 Å². The second-order valence-electron chi connectivity index (χ2n) is 7.47. The first-order valence-corrected chi connectivity index (χ1v) is 8.68. The lowest BCUT2D eigenvalue weighted by Gasteiger charge is -2.21. The van der Waals surface area contributed by atoms with E-state index in [1.165, 1.54) is 27.8 Å². The van der Waals surface area contributed by atoms with Gasteiger partial charge in [0.25, 0.3) is 0 Å². The lowest BCUT2D eigenvalue weighted by molar-refractivity contribution is 0.661. The van der Waals surface area contributed by atoms with Crippen molar-refractivity contribution in [2.45, 2.75) is 19.3 Å². The van der Waals surface area contributed by atoms with Crippen LogP contribution in [-0.2, 0) is 5.41 Å². The number of H-pyrrole nitrogens is 1. The van der Waals surface area contributed by atoms with Gasteiger partial charge in [-0.25, -0.2) is 4.98 Å². The Balaban J connectivity index is 1.78. The molecule has 0 saturated carbocycles. The minimum Gasteiger partial charge on any atom is -0.323 e. The van der Waals surface area contributed by atoms with E-state index in [0.29, 0.717) is 0 Å². The van der Waals surface area contributed by atoms with Crippen LogP contribution in [0.4, 0.5) is 0 Å². The largest absolute Gasteiger partial charge is 0.323 e. The molecule has 6 rings (SSSR count). The molecule has 0 saturated heterocycles. The zero-order chi connectivity index (χ0) is 16.8. The number of nitrogens with one attached hydrogen (secondary N) is 1. The Morgan fingerprint density at radius 2 is 1.64 bits per heavy atom. The molecular formula is C22H17N3. The van der Waals surface area contributed by atoms with E-state index in [-0.39, 0.29) is 5.41 Å². The average molecular weight is 323 g/mol. The highest BCUT2D eigenvalue weighted by molar-refractivity contribution is 5.95. The van der Waals surface area contributed by atoms with Gasteiger partial charge in [-0.05, 0) is 46.5 Å². The number of imidazole rings is 2. The van der Waals surface area contributed by atoms with Gasteiger partial charge in [-0.1, -0.05) is 50.2 Å². The molecule has 0 amide bonds. The third kappa shape index (κ3) is 1.49. The van der Waals surface area contributed by atoms with E-state index in [9.17, 15) is 0 Å². The van der Waals surface area contributed by atoms with Crippen molar-refractivity contribution in [1.29, 1.82) is 0 Å². The summed E-state index contributed by atoms with van der Waals surface area (Å²) in [5.74, 6) is 0.908. The van der Waals surface area contributed by atoms with Crippen LogP contribution < -0.4 is 0 Å². The predicted molar refractivity (Wildman–Crippen MR) is 102 cm³/mol. The zero-order valence-corrected chi connectivity index (χ0v) is 14.2. The van der Waals surface area contributed by atoms with Crippen LogP contribution in [0.25, 0.3) is 39.0 Å². The van der Waals surface area contributed by atoms with Gasteiger partial charge < -0.3 is 4.98 Å². The van der Waals surface area contributed by atoms with Crippen LogP contribution in [0.5, 0.6) is 0 Å². The summed E-state index contributed by atoms with van der Waals surface area (Å²) in [4.78, 5) is 8.25. The second kappa shape index (κ2) is 4.12. The molecule has 0 fully saturated rings. The quantitative estimate of drug-likeness (QED) is 0.413. The standard InChI is InChI=1S/C22H17N3/c1-22(2)15-8-4-3-7-13(15)14-11-18-20(12-16(14)22)25-19-10-6-5-9-17(19)23-21(25)24-18/h3-12H,1-2H3,(H,23,24). The molecule has 0 spiro atoms. The van der Waals surface area contributed by atoms with Crippen LogP contribution in [0, 0.1) is 0 Å². The van der Waals surface area contributed by atoms with Crippen molar-refractivity contribution in [3.05, 3.63) is 71.8 Å². The molecule has 3 aromatic carbocycles. The summed E-state index contributed by atoms with van der Waals surface area (Å²) in [6.45, 7) is 4.64. The molecule has 3 heteroatoms. The number of benzene rings is 3. The van der Waals surface area contributed by atoms with Crippen LogP contribution >= 0.6 is 0 Å². The Labute approximate surface area is 144 Å². The summed E-state index contributed by atoms with van der Waals surface area (Å²) in [5.41, 5.74) is 10.0. The molecule has 25 heavy (non-hydrogen) atoms. The number of aromatic nitrogens is 3. The first-order chi connectivity index (χ1) is 12.1. The Hall–Kier alpha value is -3.07. The molecular weight excluding hydrogens is 306 g/mol. The molecule has 2 aromatic heterocycles. The van der Waals surface area contributed by atoms with E-state index in [1.54, 1.807) is 0 Å². The van der Waals surface area contributed by atoms with Crippen molar-refractivity contribution in [2.75, 3.05) is 0 Å². The van der Waals surface area contributed by atoms with E-state index in [2.05, 4.69) is 77.8 Å². The van der Waals surface area contributed by atoms with Gasteiger partial charge in [0.1, 0.15) is 0 Å². The van der Waals surface area contributed by atoms with E-state index in [1.807, 2.05) is 6.07 Å². The summed E-state index contributed by atoms with van der Waals surface area (Å²) in [7, 11) is 0. The molecule has 1 N–H and O–H groups in total. The topological polar surface area (TPSA) is 33.1 Å². The highest BCUT2D eigenvalue weighted by Gasteiger charge is 2.35. The molecule has 0 bridgehead atoms. The smallest absolute Gasteiger partial charge is 0.213 e. The summed E-state index contributed by atoms with van der Waals surface area (Å²) in [6.07, 6.45) is 0. The number of para-hydroxylation sites is 2. The van der Waals surface area contributed by atoms with E-state index in [0.717, 1.165) is 22.3 Å². The first kappa shape index (κ1) is 13.2. The Morgan fingerprint density at radius 1 is 0.840 bits per heavy atom. The fourth-order valence-electron chi connectivity index (χ4n) is 4.50. The summed E-state index contributed by atoms with van der Waals surface area (Å²) >= 11 is 0. The minimum absolute atomic E-state index is 0.0140. The van der Waals surface area contributed by atoms with E-state index >= 15 is 0 Å². The molecule has 120 valence electrons. The monoisotopic (exact) mass is 323 g/mol. The number of rotatable bonds is 0. The molecule has 2 heterocycles. The van der Waals surface area contributed by atoms with Gasteiger partial charge in [0, 0.05) is 5.41 Å². The third-order valence-corrected chi connectivity index (χ3v) is 5.75. The number of fused-ring (bicyclic) bond motifs is 8. The van der Waals surface area contributed by atoms with Crippen LogP contribution in [-0.4, -0.2) is 14.4 Å². The molecule has 0 radical (unpaired) electrons. The van der Waals surface area contributed by atoms with Gasteiger partial charge in [-0.2, -0.15) is 0 Å². The number of nitrogens with zero attached hydrogens (tertiary/aromatic N) is 2. The fraction of sp³-hybridized carbons (Fsp3) is 0.136. The van der Waals surface area contributed by atoms with Crippen LogP contribution in [0.1, 0.15) is 25.0 Å². The molecule has 0 atom stereocenters. The summed E-state index contributed by atoms with van der Waals surface area (Å²) in [5, 5.41) is 0. The first-order valence-electron chi connectivity index (χ1n) is 8.68. The highest BCUT2D eigenvalue weighted by Crippen LogP contribution is 2.49. The highest BCUT2D eigenvalue weighted by atomic mass is 15.1. The lowest BCUT2D eigenvalue weighted by Crippen LogP contribution is -2.14. The number of hydrogen-bond acceptors (Lipinski definition) is 1. The van der Waals surface area contributed by atoms with Crippen LogP contribution in [0.3, 0.4) is 0 Å². The van der Waals surface area contributed by atoms with Crippen molar-refractivity contribution in [2.24, 2.45) is 0 Å². The van der Waals surface area contributed by atoms with Crippen LogP contribution in [0.15, 0.2) is 60.7 Å². The molecule has 3 nitrogen and oxygen atoms in total. The van der Waals surface area contributed by atoms with Crippen molar-refractivity contribution in [3.63, 3.8) is 0 Å². The van der Waals surface area contributed by atoms with Gasteiger partial charge in [0.15, 0.2) is 0 Å². The van der Waals surface area contributed by atoms with Crippen LogP contribution in [0.2, 0.25) is 0 Å². The molecule has 1 aliphatic carbocycles. The Kier molecular flexibility index (Phi) is 2.18. The van der Waals surface area contributed by atoms with Crippen molar-refractivity contribution >= 4 is 27.8 Å². The summed E-state index contributed by atoms with van der Waals surface area (Å²) in [6, 6.07) is 21.7. The Morgan fingerprint density at radius 3 is 2.56 bits per heavy atom. The lowest BCUT2D eigenvalue weighted by atomic mass is 9.82. The maximum Gasteiger partial charge on any atom is 0.213 e. The molecule has 5 aromatic rings. The average Bonchev–Trinajstić information content (AvgIpc) is 3.21. The minimum atomic E-state index is 0.0140. The maximum atomic E-state index is 4.74. The Bertz CT molecular complexity index is 1320. The summed E-state index contributed by atoms with van der Waals surface area (Å²) < 4.78 is 2.24. The normalized spacial score (nSPS) is 15.1. The van der Waals surface area contributed by atoms with E-state index < -0.39 is 0 Å². The number of hydrogen-bond donors (Lipinski definition) is 1. The number of aromatic amines is 1. The maximum absolute atomic E-state index is 4.74. The van der Waals surface area contributed by atoms with Gasteiger partial charge in [0.05, 0.1) is 22.1 Å². The molecule has 0 unspecified atom stereocenters. The van der Waals surface area contributed by atoms with Crippen molar-refractivity contribution in [1.82, 2.24) is 14.4 Å².